The van der Waals surface area contributed by atoms with Gasteiger partial charge in [-0.1, -0.05) is 6.07 Å². The molecular weight excluding hydrogens is 268 g/mol. The van der Waals surface area contributed by atoms with Crippen LogP contribution in [0, 0.1) is 0 Å². The zero-order valence-corrected chi connectivity index (χ0v) is 12.1. The van der Waals surface area contributed by atoms with E-state index in [1.807, 2.05) is 13.8 Å². The van der Waals surface area contributed by atoms with Crippen molar-refractivity contribution in [2.24, 2.45) is 0 Å². The highest BCUT2D eigenvalue weighted by atomic mass is 16.2. The maximum absolute atomic E-state index is 12.3. The average Bonchev–Trinajstić information content (AvgIpc) is 3.03. The Balaban J connectivity index is 2.14. The second-order valence-corrected chi connectivity index (χ2v) is 4.46. The molecule has 0 saturated carbocycles. The monoisotopic (exact) mass is 286 g/mol. The number of imidazole rings is 1. The van der Waals surface area contributed by atoms with Crippen LogP contribution < -0.4 is 5.32 Å². The van der Waals surface area contributed by atoms with Crippen molar-refractivity contribution in [3.63, 3.8) is 0 Å². The van der Waals surface area contributed by atoms with Gasteiger partial charge in [-0.2, -0.15) is 0 Å². The van der Waals surface area contributed by atoms with Crippen molar-refractivity contribution in [2.75, 3.05) is 18.4 Å². The molecule has 21 heavy (non-hydrogen) atoms. The summed E-state index contributed by atoms with van der Waals surface area (Å²) in [5.41, 5.74) is 1.13. The van der Waals surface area contributed by atoms with E-state index in [0.717, 1.165) is 0 Å². The summed E-state index contributed by atoms with van der Waals surface area (Å²) in [6.45, 7) is 5.18. The molecule has 0 bridgehead atoms. The average molecular weight is 286 g/mol. The summed E-state index contributed by atoms with van der Waals surface area (Å²) in [5, 5.41) is 2.73. The third-order valence-electron chi connectivity index (χ3n) is 3.15. The van der Waals surface area contributed by atoms with Gasteiger partial charge in [0.25, 0.3) is 5.91 Å². The van der Waals surface area contributed by atoms with Crippen LogP contribution in [0.25, 0.3) is 0 Å². The predicted octanol–water partition coefficient (Wildman–Crippen LogP) is 2.45. The Morgan fingerprint density at radius 3 is 2.67 bits per heavy atom. The van der Waals surface area contributed by atoms with Crippen LogP contribution in [0.2, 0.25) is 0 Å². The van der Waals surface area contributed by atoms with Gasteiger partial charge < -0.3 is 10.2 Å². The summed E-state index contributed by atoms with van der Waals surface area (Å²) in [6, 6.07) is 6.59. The molecule has 6 heteroatoms. The molecule has 0 radical (unpaired) electrons. The molecule has 110 valence electrons. The van der Waals surface area contributed by atoms with Crippen LogP contribution in [-0.4, -0.2) is 39.5 Å². The summed E-state index contributed by atoms with van der Waals surface area (Å²) >= 11 is 0. The highest BCUT2D eigenvalue weighted by Crippen LogP contribution is 2.13. The van der Waals surface area contributed by atoms with Crippen molar-refractivity contribution in [1.82, 2.24) is 14.5 Å². The van der Waals surface area contributed by atoms with Crippen LogP contribution in [0.4, 0.5) is 10.5 Å². The van der Waals surface area contributed by atoms with Crippen molar-refractivity contribution in [1.29, 1.82) is 0 Å². The minimum absolute atomic E-state index is 0.0428. The molecule has 0 aliphatic rings. The quantitative estimate of drug-likeness (QED) is 0.938. The fourth-order valence-electron chi connectivity index (χ4n) is 1.99. The van der Waals surface area contributed by atoms with Gasteiger partial charge in [0.2, 0.25) is 0 Å². The smallest absolute Gasteiger partial charge is 0.331 e. The number of amides is 2. The van der Waals surface area contributed by atoms with E-state index in [-0.39, 0.29) is 11.9 Å². The van der Waals surface area contributed by atoms with Crippen LogP contribution in [-0.2, 0) is 0 Å². The molecule has 0 unspecified atom stereocenters. The Morgan fingerprint density at radius 2 is 2.05 bits per heavy atom. The first kappa shape index (κ1) is 14.8. The summed E-state index contributed by atoms with van der Waals surface area (Å²) in [6.07, 6.45) is 4.50. The molecule has 6 nitrogen and oxygen atoms in total. The summed E-state index contributed by atoms with van der Waals surface area (Å²) in [5.74, 6) is -0.0428. The molecule has 0 saturated heterocycles. The number of nitrogens with zero attached hydrogens (tertiary/aromatic N) is 3. The van der Waals surface area contributed by atoms with E-state index in [1.54, 1.807) is 35.4 Å². The molecule has 0 spiro atoms. The van der Waals surface area contributed by atoms with E-state index < -0.39 is 0 Å². The summed E-state index contributed by atoms with van der Waals surface area (Å²) < 4.78 is 1.33. The van der Waals surface area contributed by atoms with Crippen LogP contribution in [0.15, 0.2) is 43.0 Å². The maximum Gasteiger partial charge on any atom is 0.331 e. The molecule has 1 heterocycles. The SMILES string of the molecule is CCN(CC)C(=O)c1cccc(NC(=O)n2ccnc2)c1. The second-order valence-electron chi connectivity index (χ2n) is 4.46. The largest absolute Gasteiger partial charge is 0.339 e. The van der Waals surface area contributed by atoms with Crippen molar-refractivity contribution < 1.29 is 9.59 Å². The number of benzene rings is 1. The Hall–Kier alpha value is -2.63. The molecule has 0 aliphatic heterocycles. The van der Waals surface area contributed by atoms with E-state index in [0.29, 0.717) is 24.3 Å². The molecular formula is C15H18N4O2. The van der Waals surface area contributed by atoms with Gasteiger partial charge in [0.15, 0.2) is 0 Å². The normalized spacial score (nSPS) is 10.2. The zero-order valence-electron chi connectivity index (χ0n) is 12.1. The van der Waals surface area contributed by atoms with E-state index in [2.05, 4.69) is 10.3 Å². The van der Waals surface area contributed by atoms with E-state index in [9.17, 15) is 9.59 Å². The van der Waals surface area contributed by atoms with Gasteiger partial charge in [-0.25, -0.2) is 9.78 Å². The molecule has 0 fully saturated rings. The minimum atomic E-state index is -0.320. The van der Waals surface area contributed by atoms with Gasteiger partial charge in [0, 0.05) is 36.7 Å². The van der Waals surface area contributed by atoms with Gasteiger partial charge >= 0.3 is 6.03 Å². The zero-order chi connectivity index (χ0) is 15.2. The molecule has 2 rings (SSSR count). The van der Waals surface area contributed by atoms with Crippen molar-refractivity contribution >= 4 is 17.6 Å². The molecule has 1 aromatic carbocycles. The van der Waals surface area contributed by atoms with Crippen molar-refractivity contribution in [3.8, 4) is 0 Å². The first-order valence-electron chi connectivity index (χ1n) is 6.84. The Kier molecular flexibility index (Phi) is 4.71. The first-order valence-corrected chi connectivity index (χ1v) is 6.84. The lowest BCUT2D eigenvalue weighted by Gasteiger charge is -2.19. The van der Waals surface area contributed by atoms with Crippen molar-refractivity contribution in [3.05, 3.63) is 48.5 Å². The number of anilines is 1. The third kappa shape index (κ3) is 3.47. The number of hydrogen-bond acceptors (Lipinski definition) is 3. The van der Waals surface area contributed by atoms with Crippen molar-refractivity contribution in [2.45, 2.75) is 13.8 Å². The summed E-state index contributed by atoms with van der Waals surface area (Å²) in [4.78, 5) is 29.7. The standard InChI is InChI=1S/C15H18N4O2/c1-3-18(4-2)14(20)12-6-5-7-13(10-12)17-15(21)19-9-8-16-11-19/h5-11H,3-4H2,1-2H3,(H,17,21). The van der Waals surface area contributed by atoms with Gasteiger partial charge in [0.1, 0.15) is 6.33 Å². The third-order valence-corrected chi connectivity index (χ3v) is 3.15. The van der Waals surface area contributed by atoms with Crippen LogP contribution >= 0.6 is 0 Å². The van der Waals surface area contributed by atoms with Gasteiger partial charge in [-0.15, -0.1) is 0 Å². The Morgan fingerprint density at radius 1 is 1.29 bits per heavy atom. The lowest BCUT2D eigenvalue weighted by Crippen LogP contribution is -2.30. The number of rotatable bonds is 4. The number of carbonyl (C=O) groups is 2. The number of nitrogens with one attached hydrogen (secondary N) is 1. The number of aromatic nitrogens is 2. The lowest BCUT2D eigenvalue weighted by molar-refractivity contribution is 0.0773. The van der Waals surface area contributed by atoms with Gasteiger partial charge in [0.05, 0.1) is 0 Å². The van der Waals surface area contributed by atoms with E-state index in [4.69, 9.17) is 0 Å². The van der Waals surface area contributed by atoms with E-state index in [1.165, 1.54) is 17.1 Å². The number of hydrogen-bond donors (Lipinski definition) is 1. The molecule has 0 aliphatic carbocycles. The first-order chi connectivity index (χ1) is 10.2. The Bertz CT molecular complexity index is 618. The highest BCUT2D eigenvalue weighted by molar-refractivity contribution is 5.97. The maximum atomic E-state index is 12.3. The molecule has 2 aromatic rings. The fourth-order valence-corrected chi connectivity index (χ4v) is 1.99. The molecule has 1 N–H and O–H groups in total. The van der Waals surface area contributed by atoms with Gasteiger partial charge in [-0.05, 0) is 32.0 Å². The molecule has 0 atom stereocenters. The Labute approximate surface area is 123 Å². The molecule has 2 amide bonds. The molecule has 1 aromatic heterocycles. The second kappa shape index (κ2) is 6.69. The van der Waals surface area contributed by atoms with E-state index >= 15 is 0 Å². The van der Waals surface area contributed by atoms with Gasteiger partial charge in [-0.3, -0.25) is 9.36 Å². The topological polar surface area (TPSA) is 67.2 Å². The highest BCUT2D eigenvalue weighted by Gasteiger charge is 2.13. The van der Waals surface area contributed by atoms with Crippen LogP contribution in [0.3, 0.4) is 0 Å². The van der Waals surface area contributed by atoms with Crippen LogP contribution in [0.5, 0.6) is 0 Å². The summed E-state index contributed by atoms with van der Waals surface area (Å²) in [7, 11) is 0. The predicted molar refractivity (Wildman–Crippen MR) is 80.3 cm³/mol. The van der Waals surface area contributed by atoms with Crippen LogP contribution in [0.1, 0.15) is 24.2 Å². The number of carbonyl (C=O) groups excluding carboxylic acids is 2. The lowest BCUT2D eigenvalue weighted by atomic mass is 10.1. The fraction of sp³-hybridized carbons (Fsp3) is 0.267. The minimum Gasteiger partial charge on any atom is -0.339 e.